The summed E-state index contributed by atoms with van der Waals surface area (Å²) >= 11 is 2.23. The summed E-state index contributed by atoms with van der Waals surface area (Å²) in [4.78, 5) is 11.5. The number of aryl methyl sites for hydroxylation is 1. The van der Waals surface area contributed by atoms with Crippen molar-refractivity contribution in [3.63, 3.8) is 0 Å². The van der Waals surface area contributed by atoms with Crippen molar-refractivity contribution in [3.05, 3.63) is 29.6 Å². The Kier molecular flexibility index (Phi) is 5.37. The van der Waals surface area contributed by atoms with E-state index >= 15 is 0 Å². The zero-order valence-electron chi connectivity index (χ0n) is 10.7. The van der Waals surface area contributed by atoms with Crippen molar-refractivity contribution in [3.8, 4) is 0 Å². The van der Waals surface area contributed by atoms with E-state index in [4.69, 9.17) is 4.74 Å². The van der Waals surface area contributed by atoms with Crippen LogP contribution in [0.1, 0.15) is 26.3 Å². The van der Waals surface area contributed by atoms with Gasteiger partial charge in [0.15, 0.2) is 0 Å². The van der Waals surface area contributed by atoms with E-state index in [0.29, 0.717) is 0 Å². The van der Waals surface area contributed by atoms with Crippen LogP contribution in [0.15, 0.2) is 18.2 Å². The van der Waals surface area contributed by atoms with Crippen LogP contribution in [-0.4, -0.2) is 16.1 Å². The van der Waals surface area contributed by atoms with Gasteiger partial charge in [0.1, 0.15) is 11.4 Å². The van der Waals surface area contributed by atoms with Gasteiger partial charge < -0.3 is 4.74 Å². The van der Waals surface area contributed by atoms with Crippen LogP contribution in [0.25, 0.3) is 0 Å². The van der Waals surface area contributed by atoms with Crippen molar-refractivity contribution in [2.75, 3.05) is 9.74 Å². The van der Waals surface area contributed by atoms with Crippen molar-refractivity contribution in [1.82, 2.24) is 0 Å². The van der Waals surface area contributed by atoms with Crippen LogP contribution in [0.2, 0.25) is 0 Å². The first-order valence-corrected chi connectivity index (χ1v) is 7.19. The van der Waals surface area contributed by atoms with Gasteiger partial charge in [0.2, 0.25) is 0 Å². The minimum atomic E-state index is -0.650. The number of benzene rings is 1. The molecule has 1 aromatic carbocycles. The van der Waals surface area contributed by atoms with Gasteiger partial charge >= 0.3 is 6.09 Å². The normalized spacial score (nSPS) is 11.2. The molecule has 5 heteroatoms. The first kappa shape index (κ1) is 15.2. The van der Waals surface area contributed by atoms with E-state index in [1.165, 1.54) is 6.07 Å². The molecule has 3 nitrogen and oxygen atoms in total. The van der Waals surface area contributed by atoms with Crippen molar-refractivity contribution < 1.29 is 13.9 Å². The number of alkyl halides is 1. The molecule has 0 saturated carbocycles. The summed E-state index contributed by atoms with van der Waals surface area (Å²) < 4.78 is 19.7. The van der Waals surface area contributed by atoms with Gasteiger partial charge in [-0.3, -0.25) is 5.32 Å². The van der Waals surface area contributed by atoms with Gasteiger partial charge in [-0.1, -0.05) is 28.7 Å². The molecule has 100 valence electrons. The second kappa shape index (κ2) is 6.36. The number of carbonyl (C=O) groups excluding carboxylic acids is 1. The topological polar surface area (TPSA) is 38.3 Å². The Morgan fingerprint density at radius 2 is 2.11 bits per heavy atom. The average molecular weight is 365 g/mol. The van der Waals surface area contributed by atoms with Gasteiger partial charge in [0, 0.05) is 4.43 Å². The zero-order valence-corrected chi connectivity index (χ0v) is 12.9. The highest BCUT2D eigenvalue weighted by Crippen LogP contribution is 2.18. The molecule has 0 aromatic heterocycles. The van der Waals surface area contributed by atoms with E-state index in [-0.39, 0.29) is 5.69 Å². The van der Waals surface area contributed by atoms with Gasteiger partial charge in [-0.15, -0.1) is 0 Å². The van der Waals surface area contributed by atoms with Crippen LogP contribution in [0.5, 0.6) is 0 Å². The fourth-order valence-electron chi connectivity index (χ4n) is 1.34. The number of carbonyl (C=O) groups is 1. The summed E-state index contributed by atoms with van der Waals surface area (Å²) in [6.07, 6.45) is 0.160. The summed E-state index contributed by atoms with van der Waals surface area (Å²) in [5, 5.41) is 2.40. The van der Waals surface area contributed by atoms with Crippen LogP contribution in [0.3, 0.4) is 0 Å². The summed E-state index contributed by atoms with van der Waals surface area (Å²) in [6, 6.07) is 4.79. The maximum absolute atomic E-state index is 13.7. The van der Waals surface area contributed by atoms with Crippen LogP contribution < -0.4 is 5.32 Å². The lowest BCUT2D eigenvalue weighted by Crippen LogP contribution is -2.27. The number of halogens is 2. The number of rotatable bonds is 3. The van der Waals surface area contributed by atoms with E-state index in [1.807, 2.05) is 0 Å². The third-order valence-corrected chi connectivity index (χ3v) is 2.59. The van der Waals surface area contributed by atoms with E-state index in [1.54, 1.807) is 32.9 Å². The smallest absolute Gasteiger partial charge is 0.412 e. The Labute approximate surface area is 120 Å². The van der Waals surface area contributed by atoms with Gasteiger partial charge in [-0.2, -0.15) is 0 Å². The minimum Gasteiger partial charge on any atom is -0.444 e. The van der Waals surface area contributed by atoms with E-state index in [2.05, 4.69) is 27.9 Å². The second-order valence-corrected chi connectivity index (χ2v) is 5.96. The SMILES string of the molecule is CC(C)(C)OC(=O)Nc1ccc(CCI)cc1F. The first-order valence-electron chi connectivity index (χ1n) is 5.66. The zero-order chi connectivity index (χ0) is 13.8. The van der Waals surface area contributed by atoms with Crippen molar-refractivity contribution in [2.45, 2.75) is 32.8 Å². The standard InChI is InChI=1S/C13H17FINO2/c1-13(2,3)18-12(17)16-11-5-4-9(6-7-15)8-10(11)14/h4-5,8H,6-7H2,1-3H3,(H,16,17). The molecule has 0 radical (unpaired) electrons. The Bertz CT molecular complexity index is 429. The van der Waals surface area contributed by atoms with Crippen LogP contribution in [-0.2, 0) is 11.2 Å². The lowest BCUT2D eigenvalue weighted by molar-refractivity contribution is 0.0635. The summed E-state index contributed by atoms with van der Waals surface area (Å²) in [7, 11) is 0. The number of ether oxygens (including phenoxy) is 1. The molecule has 0 bridgehead atoms. The molecule has 1 amide bonds. The van der Waals surface area contributed by atoms with Gasteiger partial charge in [-0.25, -0.2) is 9.18 Å². The average Bonchev–Trinajstić information content (AvgIpc) is 2.20. The fourth-order valence-corrected chi connectivity index (χ4v) is 1.96. The molecule has 0 spiro atoms. The number of anilines is 1. The highest BCUT2D eigenvalue weighted by molar-refractivity contribution is 14.1. The Balaban J connectivity index is 2.71. The maximum Gasteiger partial charge on any atom is 0.412 e. The summed E-state index contributed by atoms with van der Waals surface area (Å²) in [5.41, 5.74) is 0.458. The maximum atomic E-state index is 13.7. The number of hydrogen-bond donors (Lipinski definition) is 1. The third kappa shape index (κ3) is 5.20. The Morgan fingerprint density at radius 1 is 1.44 bits per heavy atom. The molecule has 0 unspecified atom stereocenters. The molecule has 0 aliphatic carbocycles. The molecular formula is C13H17FINO2. The van der Waals surface area contributed by atoms with Crippen molar-refractivity contribution in [2.24, 2.45) is 0 Å². The molecule has 0 saturated heterocycles. The van der Waals surface area contributed by atoms with E-state index < -0.39 is 17.5 Å². The molecule has 0 aliphatic heterocycles. The molecule has 1 N–H and O–H groups in total. The summed E-state index contributed by atoms with van der Waals surface area (Å²) in [6.45, 7) is 5.27. The number of amides is 1. The Morgan fingerprint density at radius 3 is 2.61 bits per heavy atom. The number of hydrogen-bond acceptors (Lipinski definition) is 2. The van der Waals surface area contributed by atoms with Crippen LogP contribution in [0, 0.1) is 5.82 Å². The van der Waals surface area contributed by atoms with Gasteiger partial charge in [-0.05, 0) is 44.9 Å². The fraction of sp³-hybridized carbons (Fsp3) is 0.462. The molecule has 0 fully saturated rings. The largest absolute Gasteiger partial charge is 0.444 e. The number of nitrogens with one attached hydrogen (secondary N) is 1. The highest BCUT2D eigenvalue weighted by atomic mass is 127. The minimum absolute atomic E-state index is 0.140. The Hall–Kier alpha value is -0.850. The van der Waals surface area contributed by atoms with Gasteiger partial charge in [0.25, 0.3) is 0 Å². The van der Waals surface area contributed by atoms with E-state index in [9.17, 15) is 9.18 Å². The highest BCUT2D eigenvalue weighted by Gasteiger charge is 2.17. The third-order valence-electron chi connectivity index (χ3n) is 2.05. The molecule has 0 aliphatic rings. The molecule has 18 heavy (non-hydrogen) atoms. The second-order valence-electron chi connectivity index (χ2n) is 4.88. The molecule has 0 heterocycles. The molecule has 0 atom stereocenters. The summed E-state index contributed by atoms with van der Waals surface area (Å²) in [5.74, 6) is -0.441. The lowest BCUT2D eigenvalue weighted by Gasteiger charge is -2.19. The first-order chi connectivity index (χ1) is 8.31. The predicted octanol–water partition coefficient (Wildman–Crippen LogP) is 4.15. The predicted molar refractivity (Wildman–Crippen MR) is 78.8 cm³/mol. The van der Waals surface area contributed by atoms with Crippen LogP contribution >= 0.6 is 22.6 Å². The van der Waals surface area contributed by atoms with Crippen molar-refractivity contribution in [1.29, 1.82) is 0 Å². The monoisotopic (exact) mass is 365 g/mol. The van der Waals surface area contributed by atoms with Crippen molar-refractivity contribution >= 4 is 34.4 Å². The van der Waals surface area contributed by atoms with Crippen LogP contribution in [0.4, 0.5) is 14.9 Å². The lowest BCUT2D eigenvalue weighted by atomic mass is 10.1. The molecule has 1 rings (SSSR count). The quantitative estimate of drug-likeness (QED) is 0.646. The van der Waals surface area contributed by atoms with Gasteiger partial charge in [0.05, 0.1) is 5.69 Å². The molecular weight excluding hydrogens is 348 g/mol. The molecule has 1 aromatic rings. The van der Waals surface area contributed by atoms with E-state index in [0.717, 1.165) is 16.4 Å².